The molecule has 2 aromatic rings. The van der Waals surface area contributed by atoms with Crippen molar-refractivity contribution in [3.8, 4) is 17.2 Å². The molecule has 5 rings (SSSR count). The Hall–Kier alpha value is -3.98. The van der Waals surface area contributed by atoms with Crippen LogP contribution >= 0.6 is 0 Å². The molecule has 0 spiro atoms. The maximum atomic E-state index is 13.9. The second-order valence-corrected chi connectivity index (χ2v) is 11.2. The van der Waals surface area contributed by atoms with Crippen LogP contribution in [0.5, 0.6) is 17.2 Å². The van der Waals surface area contributed by atoms with Crippen LogP contribution in [0.2, 0.25) is 0 Å². The number of aromatic hydroxyl groups is 1. The summed E-state index contributed by atoms with van der Waals surface area (Å²) in [6.45, 7) is 1.72. The first-order chi connectivity index (χ1) is 20.9. The lowest BCUT2D eigenvalue weighted by Gasteiger charge is -2.48. The molecule has 5 atom stereocenters. The number of methoxy groups -OCH3 is 1. The topological polar surface area (TPSA) is 213 Å². The zero-order valence-electron chi connectivity index (χ0n) is 24.6. The third-order valence-electron chi connectivity index (χ3n) is 8.44. The third kappa shape index (κ3) is 5.31. The van der Waals surface area contributed by atoms with Crippen LogP contribution in [0.1, 0.15) is 55.8 Å². The first-order valence-electron chi connectivity index (χ1n) is 14.2. The van der Waals surface area contributed by atoms with Crippen molar-refractivity contribution in [2.24, 2.45) is 5.73 Å². The summed E-state index contributed by atoms with van der Waals surface area (Å²) in [5.41, 5.74) is 5.16. The number of benzene rings is 2. The van der Waals surface area contributed by atoms with Crippen LogP contribution < -0.4 is 25.8 Å². The minimum Gasteiger partial charge on any atom is -0.507 e. The second-order valence-electron chi connectivity index (χ2n) is 11.2. The standard InChI is InChI=1S/C31H37N3O10/c1-14-8-17-24(26(37)19(14)12-33-2)27(38)23-18(25(17)36)10-16(42-3)11-20(23)43-30-28(39)29(40)31(41,21(13-35)44-30)6-4-15-5-7-34-22(32)9-15/h5,8-11,21,28-30,33-35,37,39-41H,4,6-7,12-13,32H2,1-3H3/t21-,28-,29-,30-,31-/m1/s1. The molecule has 1 fully saturated rings. The summed E-state index contributed by atoms with van der Waals surface area (Å²) >= 11 is 0. The van der Waals surface area contributed by atoms with E-state index in [0.717, 1.165) is 5.57 Å². The number of aliphatic hydroxyl groups is 4. The van der Waals surface area contributed by atoms with E-state index in [4.69, 9.17) is 19.9 Å². The van der Waals surface area contributed by atoms with Crippen LogP contribution in [-0.2, 0) is 11.3 Å². The highest BCUT2D eigenvalue weighted by Gasteiger charge is 2.55. The van der Waals surface area contributed by atoms with E-state index in [1.54, 1.807) is 26.1 Å². The summed E-state index contributed by atoms with van der Waals surface area (Å²) in [7, 11) is 3.04. The highest BCUT2D eigenvalue weighted by atomic mass is 16.7. The van der Waals surface area contributed by atoms with Crippen LogP contribution in [0.15, 0.2) is 41.7 Å². The number of carbonyl (C=O) groups excluding carboxylic acids is 2. The molecule has 0 radical (unpaired) electrons. The predicted octanol–water partition coefficient (Wildman–Crippen LogP) is -0.137. The van der Waals surface area contributed by atoms with Gasteiger partial charge >= 0.3 is 0 Å². The molecule has 1 saturated heterocycles. The lowest BCUT2D eigenvalue weighted by molar-refractivity contribution is -0.314. The average molecular weight is 612 g/mol. The van der Waals surface area contributed by atoms with E-state index in [9.17, 15) is 35.1 Å². The summed E-state index contributed by atoms with van der Waals surface area (Å²) in [5.74, 6) is -1.22. The summed E-state index contributed by atoms with van der Waals surface area (Å²) in [6, 6.07) is 4.23. The SMILES string of the molecule is CNCc1c(C)cc2c(c1O)C(=O)c1c(O[C@@H]3O[C@H](CO)[C@](O)(CCC4=CCNC(N)=C4)[C@H](O)[C@H]3O)cc(OC)cc1C2=O. The lowest BCUT2D eigenvalue weighted by atomic mass is 9.79. The van der Waals surface area contributed by atoms with E-state index in [-0.39, 0.29) is 58.9 Å². The number of ether oxygens (including phenoxy) is 3. The Balaban J connectivity index is 1.48. The molecule has 2 aliphatic heterocycles. The van der Waals surface area contributed by atoms with Crippen molar-refractivity contribution in [1.82, 2.24) is 10.6 Å². The molecule has 0 unspecified atom stereocenters. The fourth-order valence-electron chi connectivity index (χ4n) is 5.99. The molecule has 236 valence electrons. The Morgan fingerprint density at radius 1 is 1.16 bits per heavy atom. The molecule has 1 aliphatic carbocycles. The first-order valence-corrected chi connectivity index (χ1v) is 14.2. The molecule has 0 amide bonds. The van der Waals surface area contributed by atoms with Gasteiger partial charge in [-0.1, -0.05) is 6.08 Å². The minimum absolute atomic E-state index is 0.0202. The van der Waals surface area contributed by atoms with E-state index in [0.29, 0.717) is 23.5 Å². The molecule has 3 aliphatic rings. The van der Waals surface area contributed by atoms with Crippen molar-refractivity contribution < 1.29 is 49.3 Å². The Bertz CT molecular complexity index is 1550. The number of nitrogens with two attached hydrogens (primary N) is 1. The van der Waals surface area contributed by atoms with Crippen molar-refractivity contribution in [1.29, 1.82) is 0 Å². The number of aliphatic hydroxyl groups excluding tert-OH is 3. The van der Waals surface area contributed by atoms with Gasteiger partial charge in [0.25, 0.3) is 0 Å². The third-order valence-corrected chi connectivity index (χ3v) is 8.44. The number of nitrogens with one attached hydrogen (secondary N) is 2. The predicted molar refractivity (Wildman–Crippen MR) is 156 cm³/mol. The van der Waals surface area contributed by atoms with Crippen LogP contribution in [0.3, 0.4) is 0 Å². The van der Waals surface area contributed by atoms with Crippen molar-refractivity contribution in [2.75, 3.05) is 27.3 Å². The number of dihydropyridines is 1. The maximum absolute atomic E-state index is 13.9. The van der Waals surface area contributed by atoms with Crippen LogP contribution in [0.25, 0.3) is 0 Å². The van der Waals surface area contributed by atoms with Gasteiger partial charge in [-0.25, -0.2) is 0 Å². The summed E-state index contributed by atoms with van der Waals surface area (Å²) in [4.78, 5) is 27.6. The molecule has 0 bridgehead atoms. The number of carbonyl (C=O) groups is 2. The van der Waals surface area contributed by atoms with Crippen molar-refractivity contribution in [2.45, 2.75) is 56.5 Å². The van der Waals surface area contributed by atoms with Gasteiger partial charge in [-0.05, 0) is 56.2 Å². The number of aryl methyl sites for hydroxylation is 1. The van der Waals surface area contributed by atoms with Gasteiger partial charge in [0.05, 0.1) is 30.7 Å². The monoisotopic (exact) mass is 611 g/mol. The molecule has 44 heavy (non-hydrogen) atoms. The van der Waals surface area contributed by atoms with Gasteiger partial charge in [-0.15, -0.1) is 0 Å². The Kier molecular flexibility index (Phi) is 8.71. The number of fused-ring (bicyclic) bond motifs is 2. The molecule has 0 aromatic heterocycles. The molecule has 2 aromatic carbocycles. The first kappa shape index (κ1) is 31.4. The fourth-order valence-corrected chi connectivity index (χ4v) is 5.99. The number of phenolic OH excluding ortho intramolecular Hbond substituents is 1. The van der Waals surface area contributed by atoms with E-state index in [1.165, 1.54) is 19.2 Å². The van der Waals surface area contributed by atoms with Gasteiger partial charge in [0.1, 0.15) is 41.2 Å². The molecular formula is C31H37N3O10. The molecule has 9 N–H and O–H groups in total. The Morgan fingerprint density at radius 2 is 1.89 bits per heavy atom. The molecule has 2 heterocycles. The minimum atomic E-state index is -2.08. The highest BCUT2D eigenvalue weighted by Crippen LogP contribution is 2.43. The van der Waals surface area contributed by atoms with Gasteiger partial charge in [-0.2, -0.15) is 0 Å². The average Bonchev–Trinajstić information content (AvgIpc) is 3.00. The zero-order chi connectivity index (χ0) is 31.9. The second kappa shape index (κ2) is 12.2. The van der Waals surface area contributed by atoms with E-state index < -0.39 is 48.4 Å². The molecule has 13 nitrogen and oxygen atoms in total. The number of hydrogen-bond acceptors (Lipinski definition) is 13. The van der Waals surface area contributed by atoms with Crippen molar-refractivity contribution in [3.05, 3.63) is 75.1 Å². The Morgan fingerprint density at radius 3 is 2.55 bits per heavy atom. The van der Waals surface area contributed by atoms with E-state index >= 15 is 0 Å². The number of allylic oxidation sites excluding steroid dienone is 2. The quantitative estimate of drug-likeness (QED) is 0.158. The zero-order valence-corrected chi connectivity index (χ0v) is 24.6. The number of ketones is 2. The van der Waals surface area contributed by atoms with Crippen LogP contribution in [0.4, 0.5) is 0 Å². The van der Waals surface area contributed by atoms with Gasteiger partial charge in [0.15, 0.2) is 5.78 Å². The van der Waals surface area contributed by atoms with Crippen LogP contribution in [0, 0.1) is 6.92 Å². The fraction of sp³-hybridized carbons (Fsp3) is 0.419. The normalized spacial score (nSPS) is 26.2. The summed E-state index contributed by atoms with van der Waals surface area (Å²) in [5, 5.41) is 60.7. The van der Waals surface area contributed by atoms with E-state index in [2.05, 4.69) is 10.6 Å². The lowest BCUT2D eigenvalue weighted by Crippen LogP contribution is -2.67. The number of hydrogen-bond donors (Lipinski definition) is 8. The van der Waals surface area contributed by atoms with Crippen LogP contribution in [-0.4, -0.2) is 94.6 Å². The smallest absolute Gasteiger partial charge is 0.229 e. The molecule has 13 heteroatoms. The number of phenols is 1. The van der Waals surface area contributed by atoms with E-state index in [1.807, 2.05) is 6.08 Å². The van der Waals surface area contributed by atoms with Crippen molar-refractivity contribution >= 4 is 11.6 Å². The highest BCUT2D eigenvalue weighted by molar-refractivity contribution is 6.30. The largest absolute Gasteiger partial charge is 0.507 e. The maximum Gasteiger partial charge on any atom is 0.229 e. The van der Waals surface area contributed by atoms with Crippen molar-refractivity contribution in [3.63, 3.8) is 0 Å². The Labute approximate surface area is 253 Å². The van der Waals surface area contributed by atoms with Gasteiger partial charge in [0, 0.05) is 35.8 Å². The number of rotatable bonds is 9. The van der Waals surface area contributed by atoms with Gasteiger partial charge in [0.2, 0.25) is 12.1 Å². The molecule has 0 saturated carbocycles. The molecular weight excluding hydrogens is 574 g/mol. The summed E-state index contributed by atoms with van der Waals surface area (Å²) in [6.07, 6.45) is -3.05. The van der Waals surface area contributed by atoms with Gasteiger partial charge < -0.3 is 56.1 Å². The summed E-state index contributed by atoms with van der Waals surface area (Å²) < 4.78 is 17.1. The van der Waals surface area contributed by atoms with Gasteiger partial charge in [-0.3, -0.25) is 9.59 Å².